The number of rotatable bonds is 6. The van der Waals surface area contributed by atoms with Crippen LogP contribution in [0.4, 0.5) is 5.13 Å². The number of nitrogens with zero attached hydrogens (tertiary/aromatic N) is 2. The first-order valence-corrected chi connectivity index (χ1v) is 9.89. The van der Waals surface area contributed by atoms with Crippen molar-refractivity contribution in [1.82, 2.24) is 10.3 Å². The van der Waals surface area contributed by atoms with E-state index in [0.717, 1.165) is 14.7 Å². The molecule has 1 N–H and O–H groups in total. The van der Waals surface area contributed by atoms with Crippen LogP contribution in [-0.2, 0) is 4.79 Å². The fraction of sp³-hybridized carbons (Fsp3) is 0.211. The van der Waals surface area contributed by atoms with Crippen molar-refractivity contribution in [2.45, 2.75) is 13.3 Å². The molecule has 3 rings (SSSR count). The summed E-state index contributed by atoms with van der Waals surface area (Å²) in [6, 6.07) is 14.9. The van der Waals surface area contributed by atoms with Gasteiger partial charge in [0.1, 0.15) is 0 Å². The Hall–Kier alpha value is -2.25. The molecule has 1 heterocycles. The van der Waals surface area contributed by atoms with Crippen LogP contribution in [0.2, 0.25) is 0 Å². The van der Waals surface area contributed by atoms with Crippen molar-refractivity contribution in [2.24, 2.45) is 0 Å². The first-order valence-electron chi connectivity index (χ1n) is 8.28. The summed E-state index contributed by atoms with van der Waals surface area (Å²) in [6.45, 7) is 2.75. The van der Waals surface area contributed by atoms with Crippen molar-refractivity contribution >= 4 is 54.4 Å². The Morgan fingerprint density at radius 1 is 1.15 bits per heavy atom. The topological polar surface area (TPSA) is 62.3 Å². The SMILES string of the molecule is CCN(C(=O)CCNC(=O)c1ccc(Br)cc1)c1nc2ccccc2s1. The molecule has 26 heavy (non-hydrogen) atoms. The van der Waals surface area contributed by atoms with E-state index >= 15 is 0 Å². The van der Waals surface area contributed by atoms with Crippen molar-refractivity contribution in [3.8, 4) is 0 Å². The lowest BCUT2D eigenvalue weighted by molar-refractivity contribution is -0.118. The number of fused-ring (bicyclic) bond motifs is 1. The Labute approximate surface area is 164 Å². The highest BCUT2D eigenvalue weighted by Gasteiger charge is 2.18. The second kappa shape index (κ2) is 8.42. The first-order chi connectivity index (χ1) is 12.6. The highest BCUT2D eigenvalue weighted by molar-refractivity contribution is 9.10. The molecule has 0 radical (unpaired) electrons. The number of halogens is 1. The zero-order chi connectivity index (χ0) is 18.5. The third-order valence-corrected chi connectivity index (χ3v) is 5.45. The van der Waals surface area contributed by atoms with Crippen LogP contribution in [-0.4, -0.2) is 29.9 Å². The van der Waals surface area contributed by atoms with Gasteiger partial charge in [-0.25, -0.2) is 4.98 Å². The number of amides is 2. The summed E-state index contributed by atoms with van der Waals surface area (Å²) in [4.78, 5) is 30.9. The van der Waals surface area contributed by atoms with Gasteiger partial charge in [0, 0.05) is 29.5 Å². The second-order valence-corrected chi connectivity index (χ2v) is 7.54. The molecule has 0 aliphatic carbocycles. The highest BCUT2D eigenvalue weighted by Crippen LogP contribution is 2.28. The van der Waals surface area contributed by atoms with Gasteiger partial charge in [0.15, 0.2) is 5.13 Å². The Morgan fingerprint density at radius 2 is 1.88 bits per heavy atom. The largest absolute Gasteiger partial charge is 0.352 e. The molecular weight excluding hydrogens is 414 g/mol. The van der Waals surface area contributed by atoms with Gasteiger partial charge in [-0.05, 0) is 43.3 Å². The van der Waals surface area contributed by atoms with Crippen molar-refractivity contribution in [1.29, 1.82) is 0 Å². The van der Waals surface area contributed by atoms with Crippen LogP contribution >= 0.6 is 27.3 Å². The van der Waals surface area contributed by atoms with Gasteiger partial charge in [-0.1, -0.05) is 39.4 Å². The lowest BCUT2D eigenvalue weighted by Crippen LogP contribution is -2.34. The standard InChI is InChI=1S/C19H18BrN3O2S/c1-2-23(19-22-15-5-3-4-6-16(15)26-19)17(24)11-12-21-18(25)13-7-9-14(20)10-8-13/h3-10H,2,11-12H2,1H3,(H,21,25). The van der Waals surface area contributed by atoms with Gasteiger partial charge >= 0.3 is 0 Å². The third-order valence-electron chi connectivity index (χ3n) is 3.86. The predicted octanol–water partition coefficient (Wildman–Crippen LogP) is 4.23. The normalized spacial score (nSPS) is 10.7. The van der Waals surface area contributed by atoms with Crippen LogP contribution in [0.5, 0.6) is 0 Å². The lowest BCUT2D eigenvalue weighted by Gasteiger charge is -2.17. The van der Waals surface area contributed by atoms with E-state index in [0.29, 0.717) is 17.2 Å². The third kappa shape index (κ3) is 4.28. The number of carbonyl (C=O) groups excluding carboxylic acids is 2. The monoisotopic (exact) mass is 431 g/mol. The number of benzene rings is 2. The van der Waals surface area contributed by atoms with Crippen molar-refractivity contribution < 1.29 is 9.59 Å². The Morgan fingerprint density at radius 3 is 2.58 bits per heavy atom. The molecule has 0 atom stereocenters. The molecule has 3 aromatic rings. The van der Waals surface area contributed by atoms with E-state index in [1.807, 2.05) is 43.3 Å². The van der Waals surface area contributed by atoms with E-state index in [1.165, 1.54) is 11.3 Å². The number of para-hydroxylation sites is 1. The molecule has 2 aromatic carbocycles. The number of thiazole rings is 1. The number of anilines is 1. The Balaban J connectivity index is 1.59. The van der Waals surface area contributed by atoms with Gasteiger partial charge in [-0.2, -0.15) is 0 Å². The van der Waals surface area contributed by atoms with E-state index in [9.17, 15) is 9.59 Å². The molecular formula is C19H18BrN3O2S. The van der Waals surface area contributed by atoms with E-state index in [2.05, 4.69) is 26.2 Å². The Bertz CT molecular complexity index is 891. The molecule has 0 fully saturated rings. The van der Waals surface area contributed by atoms with Crippen LogP contribution in [0, 0.1) is 0 Å². The summed E-state index contributed by atoms with van der Waals surface area (Å²) in [5, 5.41) is 3.48. The molecule has 0 bridgehead atoms. The summed E-state index contributed by atoms with van der Waals surface area (Å²) in [5.74, 6) is -0.240. The average molecular weight is 432 g/mol. The van der Waals surface area contributed by atoms with Crippen LogP contribution in [0.3, 0.4) is 0 Å². The summed E-state index contributed by atoms with van der Waals surface area (Å²) in [7, 11) is 0. The maximum atomic E-state index is 12.5. The molecule has 134 valence electrons. The molecule has 0 aliphatic heterocycles. The van der Waals surface area contributed by atoms with Gasteiger partial charge in [0.25, 0.3) is 5.91 Å². The van der Waals surface area contributed by atoms with Gasteiger partial charge in [0.2, 0.25) is 5.91 Å². The molecule has 7 heteroatoms. The zero-order valence-corrected chi connectivity index (χ0v) is 16.6. The number of hydrogen-bond acceptors (Lipinski definition) is 4. The number of carbonyl (C=O) groups is 2. The molecule has 0 unspecified atom stereocenters. The minimum absolute atomic E-state index is 0.0531. The quantitative estimate of drug-likeness (QED) is 0.634. The van der Waals surface area contributed by atoms with Crippen LogP contribution in [0.25, 0.3) is 10.2 Å². The maximum absolute atomic E-state index is 12.5. The molecule has 0 saturated carbocycles. The molecule has 5 nitrogen and oxygen atoms in total. The predicted molar refractivity (Wildman–Crippen MR) is 109 cm³/mol. The minimum Gasteiger partial charge on any atom is -0.352 e. The molecule has 1 aromatic heterocycles. The minimum atomic E-state index is -0.187. The number of nitrogens with one attached hydrogen (secondary N) is 1. The van der Waals surface area contributed by atoms with Crippen molar-refractivity contribution in [2.75, 3.05) is 18.0 Å². The van der Waals surface area contributed by atoms with Gasteiger partial charge in [-0.3, -0.25) is 14.5 Å². The van der Waals surface area contributed by atoms with Gasteiger partial charge in [-0.15, -0.1) is 0 Å². The van der Waals surface area contributed by atoms with Gasteiger partial charge < -0.3 is 5.32 Å². The summed E-state index contributed by atoms with van der Waals surface area (Å²) in [6.07, 6.45) is 0.228. The van der Waals surface area contributed by atoms with E-state index in [-0.39, 0.29) is 24.8 Å². The van der Waals surface area contributed by atoms with Crippen molar-refractivity contribution in [3.05, 3.63) is 58.6 Å². The summed E-state index contributed by atoms with van der Waals surface area (Å²) >= 11 is 4.84. The number of hydrogen-bond donors (Lipinski definition) is 1. The number of aromatic nitrogens is 1. The highest BCUT2D eigenvalue weighted by atomic mass is 79.9. The smallest absolute Gasteiger partial charge is 0.251 e. The van der Waals surface area contributed by atoms with Crippen LogP contribution in [0.15, 0.2) is 53.0 Å². The van der Waals surface area contributed by atoms with E-state index in [1.54, 1.807) is 17.0 Å². The molecule has 0 aliphatic rings. The first kappa shape index (κ1) is 18.5. The molecule has 2 amide bonds. The summed E-state index contributed by atoms with van der Waals surface area (Å²) < 4.78 is 1.97. The summed E-state index contributed by atoms with van der Waals surface area (Å²) in [5.41, 5.74) is 1.46. The fourth-order valence-corrected chi connectivity index (χ4v) is 3.83. The van der Waals surface area contributed by atoms with Crippen LogP contribution < -0.4 is 10.2 Å². The molecule has 0 saturated heterocycles. The second-order valence-electron chi connectivity index (χ2n) is 5.61. The lowest BCUT2D eigenvalue weighted by atomic mass is 10.2. The Kier molecular flexibility index (Phi) is 6.00. The van der Waals surface area contributed by atoms with E-state index < -0.39 is 0 Å². The van der Waals surface area contributed by atoms with E-state index in [4.69, 9.17) is 0 Å². The van der Waals surface area contributed by atoms with Gasteiger partial charge in [0.05, 0.1) is 10.2 Å². The maximum Gasteiger partial charge on any atom is 0.251 e. The molecule has 0 spiro atoms. The fourth-order valence-electron chi connectivity index (χ4n) is 2.52. The average Bonchev–Trinajstić information content (AvgIpc) is 3.06. The van der Waals surface area contributed by atoms with Crippen LogP contribution in [0.1, 0.15) is 23.7 Å². The zero-order valence-electron chi connectivity index (χ0n) is 14.2. The van der Waals surface area contributed by atoms with Crippen molar-refractivity contribution in [3.63, 3.8) is 0 Å².